The number of halogens is 3. The highest BCUT2D eigenvalue weighted by molar-refractivity contribution is 5.96. The molecule has 2 unspecified atom stereocenters. The van der Waals surface area contributed by atoms with Gasteiger partial charge in [-0.25, -0.2) is 13.2 Å². The number of hydrogen-bond donors (Lipinski definition) is 0. The average molecular weight is 443 g/mol. The van der Waals surface area contributed by atoms with E-state index >= 15 is 0 Å². The van der Waals surface area contributed by atoms with Crippen LogP contribution in [0.3, 0.4) is 0 Å². The van der Waals surface area contributed by atoms with Crippen molar-refractivity contribution < 1.29 is 18.0 Å². The van der Waals surface area contributed by atoms with Gasteiger partial charge in [0.25, 0.3) is 5.91 Å². The van der Waals surface area contributed by atoms with Crippen LogP contribution in [0.4, 0.5) is 13.2 Å². The van der Waals surface area contributed by atoms with Crippen molar-refractivity contribution in [3.05, 3.63) is 58.3 Å². The number of hydrogen-bond acceptors (Lipinski definition) is 3. The van der Waals surface area contributed by atoms with Crippen molar-refractivity contribution in [2.75, 3.05) is 6.54 Å². The van der Waals surface area contributed by atoms with Crippen LogP contribution in [0.5, 0.6) is 0 Å². The molecular formula is C23H24F3N5O. The number of benzene rings is 1. The summed E-state index contributed by atoms with van der Waals surface area (Å²) in [5.41, 5.74) is 3.84. The number of rotatable bonds is 3. The lowest BCUT2D eigenvalue weighted by Gasteiger charge is -2.33. The molecule has 6 nitrogen and oxygen atoms in total. The second-order valence-corrected chi connectivity index (χ2v) is 8.90. The van der Waals surface area contributed by atoms with Gasteiger partial charge in [0.15, 0.2) is 17.5 Å². The summed E-state index contributed by atoms with van der Waals surface area (Å²) in [5, 5.41) is 8.89. The molecular weight excluding hydrogens is 419 g/mol. The van der Waals surface area contributed by atoms with Crippen molar-refractivity contribution in [1.29, 1.82) is 0 Å². The van der Waals surface area contributed by atoms with Gasteiger partial charge in [0.1, 0.15) is 0 Å². The first-order valence-electron chi connectivity index (χ1n) is 10.7. The smallest absolute Gasteiger partial charge is 0.257 e. The van der Waals surface area contributed by atoms with Gasteiger partial charge in [0, 0.05) is 37.7 Å². The summed E-state index contributed by atoms with van der Waals surface area (Å²) in [6.07, 6.45) is 3.16. The molecule has 0 spiro atoms. The Morgan fingerprint density at radius 1 is 1.09 bits per heavy atom. The molecule has 3 heterocycles. The van der Waals surface area contributed by atoms with E-state index in [4.69, 9.17) is 0 Å². The fourth-order valence-electron chi connectivity index (χ4n) is 4.98. The Morgan fingerprint density at radius 2 is 1.75 bits per heavy atom. The lowest BCUT2D eigenvalue weighted by Crippen LogP contribution is -2.39. The minimum absolute atomic E-state index is 0.0866. The molecule has 2 aromatic heterocycles. The highest BCUT2D eigenvalue weighted by atomic mass is 19.2. The summed E-state index contributed by atoms with van der Waals surface area (Å²) in [4.78, 5) is 15.3. The SMILES string of the molecule is CC1CC1c1c(C(=O)N2CCc3c(nn(C)c3-c3cc(F)c(F)c(F)c3)[C@@H]2C)cnn1C. The third-order valence-corrected chi connectivity index (χ3v) is 6.84. The number of amides is 1. The van der Waals surface area contributed by atoms with Crippen LogP contribution in [0, 0.1) is 23.4 Å². The molecule has 5 rings (SSSR count). The highest BCUT2D eigenvalue weighted by Gasteiger charge is 2.41. The molecule has 2 aliphatic rings. The van der Waals surface area contributed by atoms with Crippen LogP contribution >= 0.6 is 0 Å². The zero-order valence-electron chi connectivity index (χ0n) is 18.4. The summed E-state index contributed by atoms with van der Waals surface area (Å²) in [6, 6.07) is 1.64. The van der Waals surface area contributed by atoms with Crippen LogP contribution in [0.25, 0.3) is 11.3 Å². The van der Waals surface area contributed by atoms with Gasteiger partial charge in [0.05, 0.1) is 34.9 Å². The molecule has 1 aliphatic carbocycles. The van der Waals surface area contributed by atoms with Crippen molar-refractivity contribution in [3.8, 4) is 11.3 Å². The molecule has 9 heteroatoms. The van der Waals surface area contributed by atoms with E-state index < -0.39 is 17.5 Å². The predicted octanol–water partition coefficient (Wildman–Crippen LogP) is 4.12. The third-order valence-electron chi connectivity index (χ3n) is 6.84. The van der Waals surface area contributed by atoms with Crippen LogP contribution in [-0.2, 0) is 20.5 Å². The minimum Gasteiger partial charge on any atom is -0.330 e. The van der Waals surface area contributed by atoms with Crippen LogP contribution < -0.4 is 0 Å². The second-order valence-electron chi connectivity index (χ2n) is 8.90. The molecule has 1 aliphatic heterocycles. The van der Waals surface area contributed by atoms with Gasteiger partial charge in [0.2, 0.25) is 0 Å². The standard InChI is InChI=1S/C23H24F3N5O/c1-11-7-15(11)22-16(10-27-29(22)3)23(32)31-6-5-14-20(12(31)2)28-30(4)21(14)13-8-17(24)19(26)18(25)9-13/h8-12,15H,5-7H2,1-4H3/t11?,12-,15?/m0/s1. The zero-order chi connectivity index (χ0) is 22.9. The van der Waals surface area contributed by atoms with Crippen molar-refractivity contribution in [1.82, 2.24) is 24.5 Å². The third kappa shape index (κ3) is 3.05. The number of aromatic nitrogens is 4. The summed E-state index contributed by atoms with van der Waals surface area (Å²) in [5.74, 6) is -3.18. The summed E-state index contributed by atoms with van der Waals surface area (Å²) in [7, 11) is 3.54. The summed E-state index contributed by atoms with van der Waals surface area (Å²) >= 11 is 0. The molecule has 32 heavy (non-hydrogen) atoms. The molecule has 3 atom stereocenters. The fourth-order valence-corrected chi connectivity index (χ4v) is 4.98. The van der Waals surface area contributed by atoms with Crippen molar-refractivity contribution >= 4 is 5.91 Å². The van der Waals surface area contributed by atoms with Gasteiger partial charge in [-0.15, -0.1) is 0 Å². The lowest BCUT2D eigenvalue weighted by atomic mass is 9.94. The van der Waals surface area contributed by atoms with Gasteiger partial charge in [-0.1, -0.05) is 6.92 Å². The molecule has 0 N–H and O–H groups in total. The maximum Gasteiger partial charge on any atom is 0.257 e. The Bertz CT molecular complexity index is 1220. The van der Waals surface area contributed by atoms with E-state index in [0.29, 0.717) is 41.8 Å². The van der Waals surface area contributed by atoms with E-state index in [1.807, 2.05) is 14.0 Å². The second kappa shape index (κ2) is 7.21. The largest absolute Gasteiger partial charge is 0.330 e. The van der Waals surface area contributed by atoms with Crippen molar-refractivity contribution in [2.24, 2.45) is 20.0 Å². The van der Waals surface area contributed by atoms with Gasteiger partial charge >= 0.3 is 0 Å². The van der Waals surface area contributed by atoms with Gasteiger partial charge in [-0.05, 0) is 37.8 Å². The van der Waals surface area contributed by atoms with Gasteiger partial charge in [-0.3, -0.25) is 14.2 Å². The topological polar surface area (TPSA) is 56.0 Å². The van der Waals surface area contributed by atoms with E-state index in [2.05, 4.69) is 17.1 Å². The Hall–Kier alpha value is -3.10. The van der Waals surface area contributed by atoms with E-state index in [0.717, 1.165) is 29.8 Å². The maximum atomic E-state index is 13.9. The lowest BCUT2D eigenvalue weighted by molar-refractivity contribution is 0.0672. The molecule has 3 aromatic rings. The average Bonchev–Trinajstić information content (AvgIpc) is 3.16. The molecule has 1 aromatic carbocycles. The van der Waals surface area contributed by atoms with Crippen LogP contribution in [-0.4, -0.2) is 36.9 Å². The number of carbonyl (C=O) groups is 1. The summed E-state index contributed by atoms with van der Waals surface area (Å²) in [6.45, 7) is 4.50. The normalized spacial score (nSPS) is 22.2. The molecule has 168 valence electrons. The molecule has 0 radical (unpaired) electrons. The van der Waals surface area contributed by atoms with Crippen LogP contribution in [0.1, 0.15) is 59.5 Å². The molecule has 0 bridgehead atoms. The molecule has 0 saturated heterocycles. The Morgan fingerprint density at radius 3 is 2.38 bits per heavy atom. The molecule has 1 fully saturated rings. The molecule has 1 saturated carbocycles. The number of aryl methyl sites for hydroxylation is 2. The van der Waals surface area contributed by atoms with Gasteiger partial charge in [-0.2, -0.15) is 10.2 Å². The number of fused-ring (bicyclic) bond motifs is 1. The first-order chi connectivity index (χ1) is 15.2. The monoisotopic (exact) mass is 443 g/mol. The van der Waals surface area contributed by atoms with E-state index in [9.17, 15) is 18.0 Å². The quantitative estimate of drug-likeness (QED) is 0.573. The first-order valence-corrected chi connectivity index (χ1v) is 10.7. The molecule has 1 amide bonds. The minimum atomic E-state index is -1.49. The fraction of sp³-hybridized carbons (Fsp3) is 0.435. The first kappa shape index (κ1) is 20.8. The number of nitrogens with zero attached hydrogens (tertiary/aromatic N) is 5. The van der Waals surface area contributed by atoms with Crippen molar-refractivity contribution in [2.45, 2.75) is 38.6 Å². The Kier molecular flexibility index (Phi) is 4.69. The van der Waals surface area contributed by atoms with Crippen LogP contribution in [0.2, 0.25) is 0 Å². The van der Waals surface area contributed by atoms with E-state index in [1.54, 1.807) is 27.5 Å². The predicted molar refractivity (Wildman–Crippen MR) is 111 cm³/mol. The highest BCUT2D eigenvalue weighted by Crippen LogP contribution is 2.48. The van der Waals surface area contributed by atoms with Crippen LogP contribution in [0.15, 0.2) is 18.3 Å². The van der Waals surface area contributed by atoms with Crippen molar-refractivity contribution in [3.63, 3.8) is 0 Å². The Balaban J connectivity index is 1.50. The summed E-state index contributed by atoms with van der Waals surface area (Å²) < 4.78 is 44.5. The zero-order valence-corrected chi connectivity index (χ0v) is 18.4. The van der Waals surface area contributed by atoms with Gasteiger partial charge < -0.3 is 4.90 Å². The maximum absolute atomic E-state index is 13.9. The van der Waals surface area contributed by atoms with E-state index in [-0.39, 0.29) is 17.5 Å². The van der Waals surface area contributed by atoms with E-state index in [1.165, 1.54) is 0 Å². The Labute approximate surface area is 183 Å². The number of carbonyl (C=O) groups excluding carboxylic acids is 1.